The summed E-state index contributed by atoms with van der Waals surface area (Å²) in [6.45, 7) is 7.39. The quantitative estimate of drug-likeness (QED) is 0.837. The zero-order valence-corrected chi connectivity index (χ0v) is 12.6. The molecule has 112 valence electrons. The minimum Gasteiger partial charge on any atom is -0.464 e. The molecule has 20 heavy (non-hydrogen) atoms. The van der Waals surface area contributed by atoms with Gasteiger partial charge in [0.05, 0.1) is 12.6 Å². The van der Waals surface area contributed by atoms with Crippen LogP contribution >= 0.6 is 0 Å². The Balaban J connectivity index is 2.51. The van der Waals surface area contributed by atoms with Crippen molar-refractivity contribution in [3.8, 4) is 0 Å². The van der Waals surface area contributed by atoms with Gasteiger partial charge in [0.2, 0.25) is 0 Å². The molecule has 6 heteroatoms. The van der Waals surface area contributed by atoms with Crippen LogP contribution < -0.4 is 5.73 Å². The Kier molecular flexibility index (Phi) is 4.04. The van der Waals surface area contributed by atoms with Crippen molar-refractivity contribution < 1.29 is 14.3 Å². The van der Waals surface area contributed by atoms with Crippen molar-refractivity contribution in [2.45, 2.75) is 45.1 Å². The molecule has 0 aromatic carbocycles. The molecule has 0 radical (unpaired) electrons. The van der Waals surface area contributed by atoms with Gasteiger partial charge >= 0.3 is 5.97 Å². The van der Waals surface area contributed by atoms with Crippen LogP contribution in [0.3, 0.4) is 0 Å². The minimum atomic E-state index is -0.429. The summed E-state index contributed by atoms with van der Waals surface area (Å²) in [6, 6.07) is 0. The summed E-state index contributed by atoms with van der Waals surface area (Å²) >= 11 is 0. The first kappa shape index (κ1) is 14.8. The van der Waals surface area contributed by atoms with Gasteiger partial charge in [0.1, 0.15) is 5.82 Å². The highest BCUT2D eigenvalue weighted by atomic mass is 16.5. The summed E-state index contributed by atoms with van der Waals surface area (Å²) in [5.74, 6) is 0.333. The maximum Gasteiger partial charge on any atom is 0.358 e. The zero-order chi connectivity index (χ0) is 14.9. The smallest absolute Gasteiger partial charge is 0.358 e. The van der Waals surface area contributed by atoms with Crippen LogP contribution in [0.5, 0.6) is 0 Å². The molecule has 0 bridgehead atoms. The first-order chi connectivity index (χ1) is 9.36. The highest BCUT2D eigenvalue weighted by Crippen LogP contribution is 2.35. The van der Waals surface area contributed by atoms with Crippen LogP contribution in [0.4, 0.5) is 5.82 Å². The molecule has 2 heterocycles. The third kappa shape index (κ3) is 2.65. The van der Waals surface area contributed by atoms with E-state index in [0.29, 0.717) is 24.7 Å². The van der Waals surface area contributed by atoms with Gasteiger partial charge < -0.3 is 15.2 Å². The van der Waals surface area contributed by atoms with Gasteiger partial charge in [0, 0.05) is 18.8 Å². The standard InChI is InChI=1S/C14H23N3O3/c1-14(2,3)17-12(15)10(9-5-7-20-8-6-9)11(16-17)13(18)19-4/h9H,5-8,15H2,1-4H3. The number of hydrogen-bond donors (Lipinski definition) is 1. The molecule has 0 unspecified atom stereocenters. The van der Waals surface area contributed by atoms with Crippen LogP contribution in [0.2, 0.25) is 0 Å². The maximum absolute atomic E-state index is 12.0. The van der Waals surface area contributed by atoms with Crippen LogP contribution in [0.1, 0.15) is 55.6 Å². The van der Waals surface area contributed by atoms with E-state index in [2.05, 4.69) is 5.10 Å². The third-order valence-corrected chi connectivity index (χ3v) is 3.60. The lowest BCUT2D eigenvalue weighted by atomic mass is 9.91. The van der Waals surface area contributed by atoms with Crippen LogP contribution in [0.15, 0.2) is 0 Å². The first-order valence-electron chi connectivity index (χ1n) is 6.91. The SMILES string of the molecule is COC(=O)c1nn(C(C)(C)C)c(N)c1C1CCOCC1. The van der Waals surface area contributed by atoms with Crippen LogP contribution in [-0.2, 0) is 15.0 Å². The van der Waals surface area contributed by atoms with Gasteiger partial charge in [-0.3, -0.25) is 0 Å². The summed E-state index contributed by atoms with van der Waals surface area (Å²) in [4.78, 5) is 12.0. The molecule has 1 saturated heterocycles. The van der Waals surface area contributed by atoms with E-state index >= 15 is 0 Å². The molecule has 0 spiro atoms. The lowest BCUT2D eigenvalue weighted by molar-refractivity contribution is 0.0584. The van der Waals surface area contributed by atoms with Gasteiger partial charge in [-0.1, -0.05) is 0 Å². The number of carbonyl (C=O) groups excluding carboxylic acids is 1. The normalized spacial score (nSPS) is 17.2. The summed E-state index contributed by atoms with van der Waals surface area (Å²) in [7, 11) is 1.36. The first-order valence-corrected chi connectivity index (χ1v) is 6.91. The number of ether oxygens (including phenoxy) is 2. The Morgan fingerprint density at radius 2 is 2.00 bits per heavy atom. The summed E-state index contributed by atoms with van der Waals surface area (Å²) in [5.41, 5.74) is 7.14. The molecular weight excluding hydrogens is 258 g/mol. The van der Waals surface area contributed by atoms with Gasteiger partial charge in [-0.05, 0) is 39.5 Å². The second-order valence-corrected chi connectivity index (χ2v) is 6.11. The number of carbonyl (C=O) groups is 1. The number of hydrogen-bond acceptors (Lipinski definition) is 5. The highest BCUT2D eigenvalue weighted by molar-refractivity contribution is 5.90. The van der Waals surface area contributed by atoms with E-state index in [4.69, 9.17) is 15.2 Å². The Hall–Kier alpha value is -1.56. The minimum absolute atomic E-state index is 0.203. The largest absolute Gasteiger partial charge is 0.464 e. The Morgan fingerprint density at radius 1 is 1.40 bits per heavy atom. The van der Waals surface area contributed by atoms with Gasteiger partial charge in [-0.15, -0.1) is 0 Å². The fraction of sp³-hybridized carbons (Fsp3) is 0.714. The van der Waals surface area contributed by atoms with Crippen molar-refractivity contribution in [3.63, 3.8) is 0 Å². The van der Waals surface area contributed by atoms with E-state index in [0.717, 1.165) is 18.4 Å². The molecular formula is C14H23N3O3. The Labute approximate surface area is 119 Å². The predicted octanol–water partition coefficient (Wildman–Crippen LogP) is 1.90. The summed E-state index contributed by atoms with van der Waals surface area (Å²) in [6.07, 6.45) is 1.70. The number of nitrogen functional groups attached to an aromatic ring is 1. The number of nitrogens with zero attached hydrogens (tertiary/aromatic N) is 2. The fourth-order valence-electron chi connectivity index (χ4n) is 2.59. The second-order valence-electron chi connectivity index (χ2n) is 6.11. The lowest BCUT2D eigenvalue weighted by Crippen LogP contribution is -2.25. The van der Waals surface area contributed by atoms with E-state index in [9.17, 15) is 4.79 Å². The number of rotatable bonds is 2. The van der Waals surface area contributed by atoms with Gasteiger partial charge in [-0.2, -0.15) is 5.10 Å². The molecule has 6 nitrogen and oxygen atoms in total. The average molecular weight is 281 g/mol. The van der Waals surface area contributed by atoms with Gasteiger partial charge in [0.15, 0.2) is 5.69 Å². The molecule has 1 aliphatic heterocycles. The second kappa shape index (κ2) is 5.44. The summed E-state index contributed by atoms with van der Waals surface area (Å²) in [5, 5.41) is 4.40. The van der Waals surface area contributed by atoms with Gasteiger partial charge in [-0.25, -0.2) is 9.48 Å². The van der Waals surface area contributed by atoms with E-state index in [1.165, 1.54) is 7.11 Å². The van der Waals surface area contributed by atoms with Crippen LogP contribution in [0.25, 0.3) is 0 Å². The lowest BCUT2D eigenvalue weighted by Gasteiger charge is -2.24. The predicted molar refractivity (Wildman–Crippen MR) is 75.8 cm³/mol. The van der Waals surface area contributed by atoms with Crippen LogP contribution in [-0.4, -0.2) is 36.1 Å². The molecule has 1 aliphatic rings. The van der Waals surface area contributed by atoms with Crippen molar-refractivity contribution in [2.75, 3.05) is 26.1 Å². The number of esters is 1. The number of aromatic nitrogens is 2. The van der Waals surface area contributed by atoms with Gasteiger partial charge in [0.25, 0.3) is 0 Å². The topological polar surface area (TPSA) is 79.4 Å². The Morgan fingerprint density at radius 3 is 2.50 bits per heavy atom. The van der Waals surface area contributed by atoms with Crippen molar-refractivity contribution in [2.24, 2.45) is 0 Å². The van der Waals surface area contributed by atoms with Crippen molar-refractivity contribution >= 4 is 11.8 Å². The number of anilines is 1. The maximum atomic E-state index is 12.0. The Bertz CT molecular complexity index is 496. The molecule has 0 amide bonds. The molecule has 1 aromatic rings. The molecule has 0 atom stereocenters. The zero-order valence-electron chi connectivity index (χ0n) is 12.6. The molecule has 2 N–H and O–H groups in total. The molecule has 0 aliphatic carbocycles. The van der Waals surface area contributed by atoms with Crippen LogP contribution in [0, 0.1) is 0 Å². The third-order valence-electron chi connectivity index (χ3n) is 3.60. The number of methoxy groups -OCH3 is 1. The van der Waals surface area contributed by atoms with Crippen molar-refractivity contribution in [3.05, 3.63) is 11.3 Å². The average Bonchev–Trinajstić information content (AvgIpc) is 2.76. The molecule has 0 saturated carbocycles. The summed E-state index contributed by atoms with van der Waals surface area (Å²) < 4.78 is 11.9. The van der Waals surface area contributed by atoms with E-state index in [1.807, 2.05) is 20.8 Å². The van der Waals surface area contributed by atoms with E-state index < -0.39 is 5.97 Å². The molecule has 1 fully saturated rings. The fourth-order valence-corrected chi connectivity index (χ4v) is 2.59. The van der Waals surface area contributed by atoms with E-state index in [1.54, 1.807) is 4.68 Å². The monoisotopic (exact) mass is 281 g/mol. The molecule has 1 aromatic heterocycles. The number of nitrogens with two attached hydrogens (primary N) is 1. The van der Waals surface area contributed by atoms with Crippen molar-refractivity contribution in [1.82, 2.24) is 9.78 Å². The van der Waals surface area contributed by atoms with Crippen molar-refractivity contribution in [1.29, 1.82) is 0 Å². The van der Waals surface area contributed by atoms with E-state index in [-0.39, 0.29) is 11.5 Å². The highest BCUT2D eigenvalue weighted by Gasteiger charge is 2.32. The molecule has 2 rings (SSSR count).